The quantitative estimate of drug-likeness (QED) is 0.502. The van der Waals surface area contributed by atoms with E-state index in [1.54, 1.807) is 18.2 Å². The van der Waals surface area contributed by atoms with Crippen molar-refractivity contribution in [3.8, 4) is 0 Å². The van der Waals surface area contributed by atoms with Crippen molar-refractivity contribution >= 4 is 34.8 Å². The number of amides is 1. The molecule has 1 amide bonds. The van der Waals surface area contributed by atoms with E-state index in [1.807, 2.05) is 12.1 Å². The molecule has 3 nitrogen and oxygen atoms in total. The standard InChI is InChI=1S/C20H22Cl2N2O.HI/c1-24(11-3-2-4-12-24)14-15-5-8-17(9-6-15)23-20(25)16-7-10-18(21)19(22)13-16;/h5-10,13H,2-4,11-12,14H2,1H3;1H. The number of quaternary nitrogens is 1. The van der Waals surface area contributed by atoms with Crippen LogP contribution >= 0.6 is 23.2 Å². The van der Waals surface area contributed by atoms with Crippen LogP contribution < -0.4 is 29.3 Å². The topological polar surface area (TPSA) is 29.1 Å². The van der Waals surface area contributed by atoms with Crippen molar-refractivity contribution in [3.63, 3.8) is 0 Å². The van der Waals surface area contributed by atoms with Gasteiger partial charge in [-0.1, -0.05) is 35.3 Å². The van der Waals surface area contributed by atoms with E-state index in [9.17, 15) is 4.79 Å². The van der Waals surface area contributed by atoms with Crippen LogP contribution in [0.3, 0.4) is 0 Å². The second-order valence-corrected chi connectivity index (χ2v) is 7.88. The summed E-state index contributed by atoms with van der Waals surface area (Å²) in [5.74, 6) is -0.193. The fraction of sp³-hybridized carbons (Fsp3) is 0.350. The highest BCUT2D eigenvalue weighted by Gasteiger charge is 2.24. The Morgan fingerprint density at radius 3 is 2.27 bits per heavy atom. The first-order chi connectivity index (χ1) is 12.0. The Morgan fingerprint density at radius 1 is 1.00 bits per heavy atom. The largest absolute Gasteiger partial charge is 1.00 e. The third kappa shape index (κ3) is 5.59. The molecule has 0 aromatic heterocycles. The van der Waals surface area contributed by atoms with Gasteiger partial charge in [-0.2, -0.15) is 0 Å². The number of carbonyl (C=O) groups is 1. The molecular formula is C20H23Cl2IN2O. The number of halogens is 3. The zero-order valence-electron chi connectivity index (χ0n) is 14.8. The molecule has 6 heteroatoms. The van der Waals surface area contributed by atoms with Crippen LogP contribution in [0.25, 0.3) is 0 Å². The lowest BCUT2D eigenvalue weighted by Crippen LogP contribution is -3.00. The number of hydrogen-bond donors (Lipinski definition) is 1. The molecule has 0 aliphatic carbocycles. The molecule has 1 heterocycles. The summed E-state index contributed by atoms with van der Waals surface area (Å²) in [5, 5.41) is 3.72. The van der Waals surface area contributed by atoms with E-state index in [-0.39, 0.29) is 29.9 Å². The van der Waals surface area contributed by atoms with Crippen molar-refractivity contribution in [1.29, 1.82) is 0 Å². The van der Waals surface area contributed by atoms with E-state index >= 15 is 0 Å². The van der Waals surface area contributed by atoms with Gasteiger partial charge in [-0.15, -0.1) is 0 Å². The third-order valence-corrected chi connectivity index (χ3v) is 5.59. The number of nitrogens with one attached hydrogen (secondary N) is 1. The van der Waals surface area contributed by atoms with Gasteiger partial charge in [0.05, 0.1) is 30.2 Å². The molecule has 0 spiro atoms. The fourth-order valence-electron chi connectivity index (χ4n) is 3.41. The monoisotopic (exact) mass is 504 g/mol. The molecule has 1 saturated heterocycles. The van der Waals surface area contributed by atoms with Gasteiger partial charge in [-0.05, 0) is 49.6 Å². The molecule has 0 saturated carbocycles. The Bertz CT molecular complexity index is 759. The highest BCUT2D eigenvalue weighted by molar-refractivity contribution is 6.42. The minimum Gasteiger partial charge on any atom is -1.00 e. The zero-order chi connectivity index (χ0) is 17.9. The van der Waals surface area contributed by atoms with Gasteiger partial charge in [-0.3, -0.25) is 4.79 Å². The summed E-state index contributed by atoms with van der Waals surface area (Å²) in [6.07, 6.45) is 3.98. The van der Waals surface area contributed by atoms with Gasteiger partial charge in [-0.25, -0.2) is 0 Å². The van der Waals surface area contributed by atoms with Gasteiger partial charge in [0, 0.05) is 16.8 Å². The van der Waals surface area contributed by atoms with Gasteiger partial charge >= 0.3 is 0 Å². The van der Waals surface area contributed by atoms with E-state index in [4.69, 9.17) is 23.2 Å². The molecule has 1 aliphatic rings. The molecule has 2 aromatic carbocycles. The van der Waals surface area contributed by atoms with Crippen LogP contribution in [0.15, 0.2) is 42.5 Å². The Kier molecular flexibility index (Phi) is 7.76. The number of hydrogen-bond acceptors (Lipinski definition) is 1. The second-order valence-electron chi connectivity index (χ2n) is 7.07. The average Bonchev–Trinajstić information content (AvgIpc) is 2.59. The summed E-state index contributed by atoms with van der Waals surface area (Å²) >= 11 is 11.9. The number of piperidine rings is 1. The van der Waals surface area contributed by atoms with E-state index in [0.717, 1.165) is 16.7 Å². The minimum absolute atomic E-state index is 0. The maximum atomic E-state index is 12.3. The fourth-order valence-corrected chi connectivity index (χ4v) is 3.71. The summed E-state index contributed by atoms with van der Waals surface area (Å²) in [6, 6.07) is 13.0. The number of rotatable bonds is 4. The first-order valence-corrected chi connectivity index (χ1v) is 9.40. The summed E-state index contributed by atoms with van der Waals surface area (Å²) in [5.41, 5.74) is 2.57. The number of nitrogens with zero attached hydrogens (tertiary/aromatic N) is 1. The maximum Gasteiger partial charge on any atom is 0.255 e. The number of carbonyl (C=O) groups excluding carboxylic acids is 1. The third-order valence-electron chi connectivity index (χ3n) is 4.85. The first-order valence-electron chi connectivity index (χ1n) is 8.64. The zero-order valence-corrected chi connectivity index (χ0v) is 18.4. The predicted octanol–water partition coefficient (Wildman–Crippen LogP) is 2.38. The molecule has 1 N–H and O–H groups in total. The van der Waals surface area contributed by atoms with Crippen molar-refractivity contribution in [2.45, 2.75) is 25.8 Å². The lowest BCUT2D eigenvalue weighted by molar-refractivity contribution is -0.926. The van der Waals surface area contributed by atoms with Gasteiger partial charge in [0.1, 0.15) is 6.54 Å². The molecule has 3 rings (SSSR count). The minimum atomic E-state index is -0.193. The van der Waals surface area contributed by atoms with E-state index in [0.29, 0.717) is 15.6 Å². The summed E-state index contributed by atoms with van der Waals surface area (Å²) in [4.78, 5) is 12.3. The molecule has 0 bridgehead atoms. The molecule has 2 aromatic rings. The molecule has 26 heavy (non-hydrogen) atoms. The normalized spacial score (nSPS) is 15.8. The first kappa shape index (κ1) is 21.5. The van der Waals surface area contributed by atoms with Crippen molar-refractivity contribution in [2.75, 3.05) is 25.5 Å². The summed E-state index contributed by atoms with van der Waals surface area (Å²) < 4.78 is 1.11. The average molecular weight is 505 g/mol. The highest BCUT2D eigenvalue weighted by Crippen LogP contribution is 2.24. The van der Waals surface area contributed by atoms with Crippen LogP contribution in [0.5, 0.6) is 0 Å². The van der Waals surface area contributed by atoms with Gasteiger partial charge in [0.15, 0.2) is 0 Å². The predicted molar refractivity (Wildman–Crippen MR) is 104 cm³/mol. The van der Waals surface area contributed by atoms with Crippen molar-refractivity contribution < 1.29 is 33.3 Å². The second kappa shape index (κ2) is 9.40. The number of benzene rings is 2. The van der Waals surface area contributed by atoms with Crippen molar-refractivity contribution in [1.82, 2.24) is 0 Å². The lowest BCUT2D eigenvalue weighted by Gasteiger charge is -2.37. The van der Waals surface area contributed by atoms with Crippen molar-refractivity contribution in [2.24, 2.45) is 0 Å². The maximum absolute atomic E-state index is 12.3. The Hall–Kier alpha value is -0.820. The smallest absolute Gasteiger partial charge is 0.255 e. The van der Waals surface area contributed by atoms with Crippen LogP contribution in [0.2, 0.25) is 10.0 Å². The molecule has 1 aliphatic heterocycles. The molecule has 0 radical (unpaired) electrons. The molecule has 0 atom stereocenters. The van der Waals surface area contributed by atoms with E-state index in [2.05, 4.69) is 24.5 Å². The molecule has 140 valence electrons. The van der Waals surface area contributed by atoms with Crippen molar-refractivity contribution in [3.05, 3.63) is 63.6 Å². The lowest BCUT2D eigenvalue weighted by atomic mass is 10.1. The van der Waals surface area contributed by atoms with E-state index in [1.165, 1.54) is 37.9 Å². The molecule has 1 fully saturated rings. The highest BCUT2D eigenvalue weighted by atomic mass is 127. The SMILES string of the molecule is C[N+]1(Cc2ccc(NC(=O)c3ccc(Cl)c(Cl)c3)cc2)CCCCC1.[I-]. The van der Waals surface area contributed by atoms with Crippen LogP contribution in [0, 0.1) is 0 Å². The molecular weight excluding hydrogens is 482 g/mol. The summed E-state index contributed by atoms with van der Waals surface area (Å²) in [7, 11) is 2.33. The number of anilines is 1. The van der Waals surface area contributed by atoms with Gasteiger partial charge in [0.25, 0.3) is 5.91 Å². The van der Waals surface area contributed by atoms with Gasteiger partial charge < -0.3 is 33.8 Å². The Balaban J connectivity index is 0.00000243. The Morgan fingerprint density at radius 2 is 1.65 bits per heavy atom. The molecule has 0 unspecified atom stereocenters. The van der Waals surface area contributed by atoms with Crippen LogP contribution in [0.4, 0.5) is 5.69 Å². The van der Waals surface area contributed by atoms with Crippen LogP contribution in [0.1, 0.15) is 35.2 Å². The van der Waals surface area contributed by atoms with Gasteiger partial charge in [0.2, 0.25) is 0 Å². The van der Waals surface area contributed by atoms with E-state index < -0.39 is 0 Å². The van der Waals surface area contributed by atoms with Crippen LogP contribution in [-0.4, -0.2) is 30.5 Å². The Labute approximate surface area is 182 Å². The van der Waals surface area contributed by atoms with Crippen LogP contribution in [-0.2, 0) is 6.54 Å². The number of likely N-dealkylation sites (tertiary alicyclic amines) is 1. The summed E-state index contributed by atoms with van der Waals surface area (Å²) in [6.45, 7) is 3.53.